The summed E-state index contributed by atoms with van der Waals surface area (Å²) in [6.45, 7) is 9.35. The van der Waals surface area contributed by atoms with Gasteiger partial charge in [-0.1, -0.05) is 31.4 Å². The van der Waals surface area contributed by atoms with Crippen LogP contribution in [0.15, 0.2) is 24.3 Å². The van der Waals surface area contributed by atoms with E-state index in [4.69, 9.17) is 4.74 Å². The third-order valence-corrected chi connectivity index (χ3v) is 7.15. The van der Waals surface area contributed by atoms with Crippen LogP contribution in [0.2, 0.25) is 0 Å². The van der Waals surface area contributed by atoms with Crippen molar-refractivity contribution in [1.82, 2.24) is 9.80 Å². The minimum atomic E-state index is 0.215. The molecule has 2 atom stereocenters. The highest BCUT2D eigenvalue weighted by Gasteiger charge is 2.28. The molecule has 0 aromatic heterocycles. The molecule has 0 spiro atoms. The Hall–Kier alpha value is -1.39. The van der Waals surface area contributed by atoms with Crippen LogP contribution >= 0.6 is 0 Å². The predicted molar refractivity (Wildman–Crippen MR) is 117 cm³/mol. The fraction of sp³-hybridized carbons (Fsp3) is 0.720. The lowest BCUT2D eigenvalue weighted by Gasteiger charge is -2.39. The van der Waals surface area contributed by atoms with E-state index in [-0.39, 0.29) is 5.91 Å². The van der Waals surface area contributed by atoms with Gasteiger partial charge in [-0.05, 0) is 69.1 Å². The molecule has 29 heavy (non-hydrogen) atoms. The number of ether oxygens (including phenoxy) is 1. The van der Waals surface area contributed by atoms with Crippen molar-refractivity contribution < 1.29 is 9.53 Å². The van der Waals surface area contributed by atoms with Crippen molar-refractivity contribution in [1.29, 1.82) is 0 Å². The van der Waals surface area contributed by atoms with Gasteiger partial charge in [0.15, 0.2) is 0 Å². The summed E-state index contributed by atoms with van der Waals surface area (Å²) < 4.78 is 5.86. The fourth-order valence-electron chi connectivity index (χ4n) is 5.63. The number of nitrogens with zero attached hydrogens (tertiary/aromatic N) is 2. The molecule has 0 bridgehead atoms. The molecular formula is C25H38N2O2. The number of piperidine rings is 1. The summed E-state index contributed by atoms with van der Waals surface area (Å²) in [4.78, 5) is 17.6. The highest BCUT2D eigenvalue weighted by molar-refractivity contribution is 5.94. The number of rotatable bonds is 4. The first-order valence-corrected chi connectivity index (χ1v) is 11.9. The van der Waals surface area contributed by atoms with Crippen LogP contribution in [0, 0.1) is 5.92 Å². The third-order valence-electron chi connectivity index (χ3n) is 7.15. The molecule has 0 radical (unpaired) electrons. The number of morpholine rings is 1. The number of hydrogen-bond donors (Lipinski definition) is 0. The Morgan fingerprint density at radius 3 is 2.17 bits per heavy atom. The van der Waals surface area contributed by atoms with Crippen molar-refractivity contribution in [3.05, 3.63) is 35.4 Å². The SMILES string of the molecule is CC1CN(CC2CCN(C(=O)c3ccc(C4CCCCC4)cc3)CC2)CC(C)O1. The van der Waals surface area contributed by atoms with Gasteiger partial charge < -0.3 is 9.64 Å². The first-order chi connectivity index (χ1) is 14.1. The van der Waals surface area contributed by atoms with Gasteiger partial charge in [-0.3, -0.25) is 9.69 Å². The Morgan fingerprint density at radius 2 is 1.55 bits per heavy atom. The zero-order valence-corrected chi connectivity index (χ0v) is 18.3. The summed E-state index contributed by atoms with van der Waals surface area (Å²) in [7, 11) is 0. The molecule has 4 rings (SSSR count). The average Bonchev–Trinajstić information content (AvgIpc) is 2.74. The van der Waals surface area contributed by atoms with Gasteiger partial charge in [0.2, 0.25) is 0 Å². The zero-order chi connectivity index (χ0) is 20.2. The van der Waals surface area contributed by atoms with E-state index < -0.39 is 0 Å². The first kappa shape index (κ1) is 20.9. The molecule has 4 heteroatoms. The molecule has 1 amide bonds. The summed E-state index contributed by atoms with van der Waals surface area (Å²) in [5.74, 6) is 1.62. The van der Waals surface area contributed by atoms with Gasteiger partial charge in [0.05, 0.1) is 12.2 Å². The van der Waals surface area contributed by atoms with Crippen molar-refractivity contribution in [2.45, 2.75) is 76.9 Å². The van der Waals surface area contributed by atoms with Crippen molar-refractivity contribution in [3.8, 4) is 0 Å². The maximum absolute atomic E-state index is 13.0. The number of hydrogen-bond acceptors (Lipinski definition) is 3. The van der Waals surface area contributed by atoms with Gasteiger partial charge in [0.1, 0.15) is 0 Å². The van der Waals surface area contributed by atoms with Crippen molar-refractivity contribution >= 4 is 5.91 Å². The monoisotopic (exact) mass is 398 g/mol. The Balaban J connectivity index is 1.26. The summed E-state index contributed by atoms with van der Waals surface area (Å²) in [5.41, 5.74) is 2.28. The molecule has 1 aliphatic carbocycles. The van der Waals surface area contributed by atoms with Crippen LogP contribution < -0.4 is 0 Å². The molecule has 1 aromatic carbocycles. The van der Waals surface area contributed by atoms with E-state index >= 15 is 0 Å². The second-order valence-electron chi connectivity index (χ2n) is 9.67. The molecule has 3 fully saturated rings. The van der Waals surface area contributed by atoms with Crippen LogP contribution in [0.4, 0.5) is 0 Å². The van der Waals surface area contributed by atoms with E-state index in [1.165, 1.54) is 37.7 Å². The van der Waals surface area contributed by atoms with Gasteiger partial charge in [-0.15, -0.1) is 0 Å². The van der Waals surface area contributed by atoms with E-state index in [2.05, 4.69) is 47.9 Å². The lowest BCUT2D eigenvalue weighted by molar-refractivity contribution is -0.0728. The van der Waals surface area contributed by atoms with Crippen LogP contribution in [-0.4, -0.2) is 60.6 Å². The van der Waals surface area contributed by atoms with E-state index in [1.807, 2.05) is 0 Å². The van der Waals surface area contributed by atoms with E-state index in [0.717, 1.165) is 51.1 Å². The van der Waals surface area contributed by atoms with Gasteiger partial charge in [0.25, 0.3) is 5.91 Å². The number of amides is 1. The summed E-state index contributed by atoms with van der Waals surface area (Å²) in [5, 5.41) is 0. The number of likely N-dealkylation sites (tertiary alicyclic amines) is 1. The van der Waals surface area contributed by atoms with E-state index in [0.29, 0.717) is 24.0 Å². The first-order valence-electron chi connectivity index (χ1n) is 11.9. The molecule has 3 aliphatic rings. The lowest BCUT2D eigenvalue weighted by Crippen LogP contribution is -2.48. The minimum Gasteiger partial charge on any atom is -0.373 e. The average molecular weight is 399 g/mol. The molecule has 160 valence electrons. The maximum Gasteiger partial charge on any atom is 0.253 e. The summed E-state index contributed by atoms with van der Waals surface area (Å²) >= 11 is 0. The molecule has 2 aliphatic heterocycles. The van der Waals surface area contributed by atoms with Crippen LogP contribution in [0.25, 0.3) is 0 Å². The van der Waals surface area contributed by atoms with Gasteiger partial charge in [0, 0.05) is 38.3 Å². The van der Waals surface area contributed by atoms with Gasteiger partial charge >= 0.3 is 0 Å². The van der Waals surface area contributed by atoms with Crippen LogP contribution in [0.5, 0.6) is 0 Å². The molecule has 4 nitrogen and oxygen atoms in total. The van der Waals surface area contributed by atoms with Crippen LogP contribution in [0.1, 0.15) is 80.6 Å². The minimum absolute atomic E-state index is 0.215. The summed E-state index contributed by atoms with van der Waals surface area (Å²) in [6, 6.07) is 8.54. The normalized spacial score (nSPS) is 27.9. The smallest absolute Gasteiger partial charge is 0.253 e. The quantitative estimate of drug-likeness (QED) is 0.737. The second-order valence-corrected chi connectivity index (χ2v) is 9.67. The van der Waals surface area contributed by atoms with Crippen LogP contribution in [0.3, 0.4) is 0 Å². The predicted octanol–water partition coefficient (Wildman–Crippen LogP) is 4.70. The Morgan fingerprint density at radius 1 is 0.931 bits per heavy atom. The fourth-order valence-corrected chi connectivity index (χ4v) is 5.63. The van der Waals surface area contributed by atoms with Gasteiger partial charge in [-0.25, -0.2) is 0 Å². The molecule has 1 aromatic rings. The lowest BCUT2D eigenvalue weighted by atomic mass is 9.84. The van der Waals surface area contributed by atoms with E-state index in [1.54, 1.807) is 0 Å². The number of carbonyl (C=O) groups is 1. The molecule has 2 heterocycles. The van der Waals surface area contributed by atoms with Gasteiger partial charge in [-0.2, -0.15) is 0 Å². The Labute approximate surface area is 176 Å². The second kappa shape index (κ2) is 9.61. The van der Waals surface area contributed by atoms with Crippen LogP contribution in [-0.2, 0) is 4.74 Å². The molecule has 2 saturated heterocycles. The third kappa shape index (κ3) is 5.40. The van der Waals surface area contributed by atoms with Crippen molar-refractivity contribution in [2.24, 2.45) is 5.92 Å². The Kier molecular flexibility index (Phi) is 6.92. The molecular weight excluding hydrogens is 360 g/mol. The zero-order valence-electron chi connectivity index (χ0n) is 18.3. The largest absolute Gasteiger partial charge is 0.373 e. The highest BCUT2D eigenvalue weighted by atomic mass is 16.5. The standard InChI is InChI=1S/C25H38N2O2/c1-19-16-26(17-20(2)29-19)18-21-12-14-27(15-13-21)25(28)24-10-8-23(9-11-24)22-6-4-3-5-7-22/h8-11,19-22H,3-7,12-18H2,1-2H3. The van der Waals surface area contributed by atoms with E-state index in [9.17, 15) is 4.79 Å². The van der Waals surface area contributed by atoms with Crippen molar-refractivity contribution in [2.75, 3.05) is 32.7 Å². The Bertz CT molecular complexity index is 650. The number of carbonyl (C=O) groups excluding carboxylic acids is 1. The molecule has 2 unspecified atom stereocenters. The summed E-state index contributed by atoms with van der Waals surface area (Å²) in [6.07, 6.45) is 9.59. The maximum atomic E-state index is 13.0. The highest BCUT2D eigenvalue weighted by Crippen LogP contribution is 2.32. The molecule has 0 N–H and O–H groups in total. The van der Waals surface area contributed by atoms with Crippen molar-refractivity contribution in [3.63, 3.8) is 0 Å². The topological polar surface area (TPSA) is 32.8 Å². The molecule has 1 saturated carbocycles. The number of benzene rings is 1.